The molecular weight excluding hydrogens is 461 g/mol. The molecule has 0 fully saturated rings. The minimum Gasteiger partial charge on any atom is -0.325 e. The van der Waals surface area contributed by atoms with Crippen LogP contribution in [0.5, 0.6) is 0 Å². The first-order valence-corrected chi connectivity index (χ1v) is 12.0. The highest BCUT2D eigenvalue weighted by Crippen LogP contribution is 2.35. The number of anilines is 1. The summed E-state index contributed by atoms with van der Waals surface area (Å²) >= 11 is 13.3. The van der Waals surface area contributed by atoms with Gasteiger partial charge in [-0.2, -0.15) is 5.26 Å². The van der Waals surface area contributed by atoms with E-state index in [9.17, 15) is 10.1 Å². The Kier molecular flexibility index (Phi) is 7.05. The fraction of sp³-hybridized carbons (Fsp3) is 0.240. The van der Waals surface area contributed by atoms with Crippen molar-refractivity contribution in [3.63, 3.8) is 0 Å². The summed E-state index contributed by atoms with van der Waals surface area (Å²) in [6, 6.07) is 19.6. The Bertz CT molecular complexity index is 1170. The molecule has 4 nitrogen and oxygen atoms in total. The van der Waals surface area contributed by atoms with Crippen LogP contribution in [0.2, 0.25) is 10.0 Å². The summed E-state index contributed by atoms with van der Waals surface area (Å²) in [5.41, 5.74) is 4.50. The van der Waals surface area contributed by atoms with E-state index < -0.39 is 5.25 Å². The van der Waals surface area contributed by atoms with Gasteiger partial charge in [0.25, 0.3) is 0 Å². The second-order valence-electron chi connectivity index (χ2n) is 7.82. The number of pyridine rings is 1. The average molecular weight is 482 g/mol. The van der Waals surface area contributed by atoms with E-state index in [2.05, 4.69) is 35.7 Å². The molecule has 1 aromatic heterocycles. The zero-order valence-electron chi connectivity index (χ0n) is 17.4. The molecule has 0 aliphatic heterocycles. The molecule has 32 heavy (non-hydrogen) atoms. The maximum Gasteiger partial charge on any atom is 0.237 e. The van der Waals surface area contributed by atoms with Crippen LogP contribution in [0.15, 0.2) is 59.6 Å². The van der Waals surface area contributed by atoms with Gasteiger partial charge < -0.3 is 5.32 Å². The van der Waals surface area contributed by atoms with E-state index in [4.69, 9.17) is 28.2 Å². The molecular formula is C25H21Cl2N3OS. The maximum atomic E-state index is 12.7. The van der Waals surface area contributed by atoms with Gasteiger partial charge in [0.1, 0.15) is 11.1 Å². The van der Waals surface area contributed by atoms with E-state index in [-0.39, 0.29) is 5.91 Å². The Hall–Kier alpha value is -2.52. The van der Waals surface area contributed by atoms with E-state index in [1.807, 2.05) is 12.1 Å². The average Bonchev–Trinajstić information content (AvgIpc) is 2.78. The van der Waals surface area contributed by atoms with E-state index in [1.54, 1.807) is 25.1 Å². The lowest BCUT2D eigenvalue weighted by atomic mass is 9.82. The van der Waals surface area contributed by atoms with Crippen LogP contribution in [-0.4, -0.2) is 16.1 Å². The third kappa shape index (κ3) is 5.27. The van der Waals surface area contributed by atoms with E-state index in [0.29, 0.717) is 32.2 Å². The number of nitrogens with one attached hydrogen (secondary N) is 1. The standard InChI is InChI=1S/C25H21Cl2N3OS/c1-15(24(31)29-22-12-20(26)11-21(27)13-22)32-25-19(14-28)10-18-9-17(7-8-23(18)30-25)16-5-3-2-4-6-16/h2-6,10-13,15,17H,7-9H2,1H3,(H,29,31). The van der Waals surface area contributed by atoms with Gasteiger partial charge in [0.2, 0.25) is 5.91 Å². The van der Waals surface area contributed by atoms with Crippen molar-refractivity contribution >= 4 is 46.6 Å². The third-order valence-corrected chi connectivity index (χ3v) is 7.07. The third-order valence-electron chi connectivity index (χ3n) is 5.53. The van der Waals surface area contributed by atoms with Gasteiger partial charge >= 0.3 is 0 Å². The highest BCUT2D eigenvalue weighted by Gasteiger charge is 2.25. The molecule has 0 radical (unpaired) electrons. The van der Waals surface area contributed by atoms with Crippen molar-refractivity contribution in [2.24, 2.45) is 0 Å². The quantitative estimate of drug-likeness (QED) is 0.414. The number of thioether (sulfide) groups is 1. The number of rotatable bonds is 5. The van der Waals surface area contributed by atoms with Crippen LogP contribution in [-0.2, 0) is 17.6 Å². The highest BCUT2D eigenvalue weighted by atomic mass is 35.5. The van der Waals surface area contributed by atoms with Gasteiger partial charge in [-0.15, -0.1) is 0 Å². The highest BCUT2D eigenvalue weighted by molar-refractivity contribution is 8.00. The molecule has 2 atom stereocenters. The first-order valence-electron chi connectivity index (χ1n) is 10.3. The second-order valence-corrected chi connectivity index (χ2v) is 10.0. The van der Waals surface area contributed by atoms with Crippen molar-refractivity contribution in [3.05, 3.63) is 87.0 Å². The predicted octanol–water partition coefficient (Wildman–Crippen LogP) is 6.65. The minimum absolute atomic E-state index is 0.208. The lowest BCUT2D eigenvalue weighted by Crippen LogP contribution is -2.23. The van der Waals surface area contributed by atoms with Crippen molar-refractivity contribution < 1.29 is 4.79 Å². The lowest BCUT2D eigenvalue weighted by Gasteiger charge is -2.25. The molecule has 4 rings (SSSR count). The number of hydrogen-bond donors (Lipinski definition) is 1. The second kappa shape index (κ2) is 9.95. The first kappa shape index (κ1) is 22.7. The monoisotopic (exact) mass is 481 g/mol. The topological polar surface area (TPSA) is 65.8 Å². The number of aryl methyl sites for hydroxylation is 1. The van der Waals surface area contributed by atoms with Gasteiger partial charge in [-0.25, -0.2) is 4.98 Å². The Labute approximate surface area is 202 Å². The minimum atomic E-state index is -0.453. The molecule has 1 aliphatic rings. The summed E-state index contributed by atoms with van der Waals surface area (Å²) in [6.45, 7) is 1.79. The number of fused-ring (bicyclic) bond motifs is 1. The fourth-order valence-corrected chi connectivity index (χ4v) is 5.34. The number of halogens is 2. The largest absolute Gasteiger partial charge is 0.325 e. The smallest absolute Gasteiger partial charge is 0.237 e. The molecule has 0 spiro atoms. The number of nitriles is 1. The Morgan fingerprint density at radius 2 is 1.91 bits per heavy atom. The van der Waals surface area contributed by atoms with Crippen LogP contribution in [0.25, 0.3) is 0 Å². The van der Waals surface area contributed by atoms with Crippen LogP contribution in [0.3, 0.4) is 0 Å². The van der Waals surface area contributed by atoms with Crippen LogP contribution < -0.4 is 5.32 Å². The molecule has 2 unspecified atom stereocenters. The van der Waals surface area contributed by atoms with Crippen LogP contribution >= 0.6 is 35.0 Å². The number of carbonyl (C=O) groups is 1. The zero-order chi connectivity index (χ0) is 22.7. The zero-order valence-corrected chi connectivity index (χ0v) is 19.8. The fourth-order valence-electron chi connectivity index (χ4n) is 3.92. The van der Waals surface area contributed by atoms with Crippen LogP contribution in [0, 0.1) is 11.3 Å². The van der Waals surface area contributed by atoms with E-state index >= 15 is 0 Å². The van der Waals surface area contributed by atoms with Gasteiger partial charge in [0.05, 0.1) is 10.8 Å². The number of amides is 1. The predicted molar refractivity (Wildman–Crippen MR) is 131 cm³/mol. The van der Waals surface area contributed by atoms with Crippen LogP contribution in [0.1, 0.15) is 41.6 Å². The lowest BCUT2D eigenvalue weighted by molar-refractivity contribution is -0.115. The van der Waals surface area contributed by atoms with Crippen molar-refractivity contribution in [1.82, 2.24) is 4.98 Å². The number of benzene rings is 2. The SMILES string of the molecule is CC(Sc1nc2c(cc1C#N)CC(c1ccccc1)CC2)C(=O)Nc1cc(Cl)cc(Cl)c1. The maximum absolute atomic E-state index is 12.7. The summed E-state index contributed by atoms with van der Waals surface area (Å²) in [7, 11) is 0. The number of carbonyl (C=O) groups excluding carboxylic acids is 1. The van der Waals surface area contributed by atoms with Crippen LogP contribution in [0.4, 0.5) is 5.69 Å². The summed E-state index contributed by atoms with van der Waals surface area (Å²) in [4.78, 5) is 17.5. The van der Waals surface area contributed by atoms with Crippen molar-refractivity contribution in [1.29, 1.82) is 5.26 Å². The first-order chi connectivity index (χ1) is 15.4. The molecule has 3 aromatic rings. The Morgan fingerprint density at radius 1 is 1.19 bits per heavy atom. The molecule has 2 aromatic carbocycles. The van der Waals surface area contributed by atoms with Gasteiger partial charge in [0, 0.05) is 21.4 Å². The van der Waals surface area contributed by atoms with Crippen molar-refractivity contribution in [3.8, 4) is 6.07 Å². The molecule has 1 aliphatic carbocycles. The van der Waals surface area contributed by atoms with E-state index in [1.165, 1.54) is 17.3 Å². The van der Waals surface area contributed by atoms with Crippen molar-refractivity contribution in [2.75, 3.05) is 5.32 Å². The number of hydrogen-bond acceptors (Lipinski definition) is 4. The molecule has 0 saturated heterocycles. The summed E-state index contributed by atoms with van der Waals surface area (Å²) in [5.74, 6) is 0.227. The van der Waals surface area contributed by atoms with Gasteiger partial charge in [-0.1, -0.05) is 65.3 Å². The molecule has 0 saturated carbocycles. The van der Waals surface area contributed by atoms with Gasteiger partial charge in [-0.05, 0) is 67.5 Å². The molecule has 162 valence electrons. The van der Waals surface area contributed by atoms with Gasteiger partial charge in [0.15, 0.2) is 0 Å². The number of nitrogens with zero attached hydrogens (tertiary/aromatic N) is 2. The summed E-state index contributed by atoms with van der Waals surface area (Å²) in [6.07, 6.45) is 2.75. The Balaban J connectivity index is 1.49. The normalized spacial score (nSPS) is 16.0. The Morgan fingerprint density at radius 3 is 2.59 bits per heavy atom. The summed E-state index contributed by atoms with van der Waals surface area (Å²) in [5, 5.41) is 13.6. The molecule has 1 heterocycles. The molecule has 1 N–H and O–H groups in total. The summed E-state index contributed by atoms with van der Waals surface area (Å²) < 4.78 is 0. The molecule has 7 heteroatoms. The number of aromatic nitrogens is 1. The molecule has 1 amide bonds. The van der Waals surface area contributed by atoms with Gasteiger partial charge in [-0.3, -0.25) is 4.79 Å². The van der Waals surface area contributed by atoms with E-state index in [0.717, 1.165) is 30.5 Å². The molecule has 0 bridgehead atoms. The van der Waals surface area contributed by atoms with Crippen molar-refractivity contribution in [2.45, 2.75) is 42.4 Å².